The third-order valence-corrected chi connectivity index (χ3v) is 5.04. The van der Waals surface area contributed by atoms with Gasteiger partial charge in [0.2, 0.25) is 5.91 Å². The largest absolute Gasteiger partial charge is 0.372 e. The molecule has 0 spiro atoms. The molecule has 1 N–H and O–H groups in total. The van der Waals surface area contributed by atoms with Crippen LogP contribution in [0.2, 0.25) is 5.02 Å². The van der Waals surface area contributed by atoms with Gasteiger partial charge in [0.25, 0.3) is 5.91 Å². The summed E-state index contributed by atoms with van der Waals surface area (Å²) in [6.45, 7) is 4.99. The van der Waals surface area contributed by atoms with E-state index in [1.165, 1.54) is 0 Å². The molecule has 1 saturated heterocycles. The number of thioether (sulfide) groups is 1. The fraction of sp³-hybridized carbons (Fsp3) is 0.556. The fourth-order valence-electron chi connectivity index (χ4n) is 2.95. The summed E-state index contributed by atoms with van der Waals surface area (Å²) >= 11 is 7.74. The van der Waals surface area contributed by atoms with E-state index in [4.69, 9.17) is 16.3 Å². The second-order valence-corrected chi connectivity index (χ2v) is 7.68. The number of hydrogen-bond donors (Lipinski definition) is 1. The monoisotopic (exact) mass is 384 g/mol. The molecule has 1 aromatic rings. The number of rotatable bonds is 6. The highest BCUT2D eigenvalue weighted by molar-refractivity contribution is 7.98. The first kappa shape index (κ1) is 20.1. The van der Waals surface area contributed by atoms with Gasteiger partial charge < -0.3 is 15.0 Å². The highest BCUT2D eigenvalue weighted by atomic mass is 35.5. The van der Waals surface area contributed by atoms with Gasteiger partial charge in [-0.05, 0) is 44.4 Å². The Hall–Kier alpha value is -1.24. The summed E-state index contributed by atoms with van der Waals surface area (Å²) < 4.78 is 5.69. The number of halogens is 1. The molecule has 1 aliphatic rings. The molecule has 3 atom stereocenters. The summed E-state index contributed by atoms with van der Waals surface area (Å²) in [4.78, 5) is 27.3. The van der Waals surface area contributed by atoms with E-state index in [2.05, 4.69) is 5.32 Å². The molecule has 7 heteroatoms. The minimum absolute atomic E-state index is 0.00632. The van der Waals surface area contributed by atoms with Crippen LogP contribution < -0.4 is 5.32 Å². The number of hydrogen-bond acceptors (Lipinski definition) is 4. The maximum Gasteiger partial charge on any atom is 0.253 e. The molecule has 0 saturated carbocycles. The summed E-state index contributed by atoms with van der Waals surface area (Å²) in [6.07, 6.45) is 2.55. The molecule has 0 aliphatic carbocycles. The standard InChI is InChI=1S/C18H25ClN2O3S/c1-12-10-21(11-13(2)24-12)18(23)16(8-9-25-3)20-17(22)14-6-4-5-7-15(14)19/h4-7,12-13,16H,8-11H2,1-3H3,(H,20,22)/t12-,13-,16-/m1/s1. The minimum Gasteiger partial charge on any atom is -0.372 e. The Bertz CT molecular complexity index is 604. The molecule has 1 aliphatic heterocycles. The average molecular weight is 385 g/mol. The van der Waals surface area contributed by atoms with Gasteiger partial charge in [-0.2, -0.15) is 11.8 Å². The van der Waals surface area contributed by atoms with E-state index in [0.29, 0.717) is 30.1 Å². The zero-order valence-electron chi connectivity index (χ0n) is 14.8. The maximum atomic E-state index is 13.0. The Labute approximate surface area is 158 Å². The van der Waals surface area contributed by atoms with Crippen LogP contribution in [0.25, 0.3) is 0 Å². The Morgan fingerprint density at radius 3 is 2.56 bits per heavy atom. The third-order valence-electron chi connectivity index (χ3n) is 4.06. The van der Waals surface area contributed by atoms with Gasteiger partial charge in [0, 0.05) is 13.1 Å². The van der Waals surface area contributed by atoms with Crippen molar-refractivity contribution in [1.29, 1.82) is 0 Å². The Balaban J connectivity index is 2.11. The molecule has 2 rings (SSSR count). The number of carbonyl (C=O) groups excluding carboxylic acids is 2. The SMILES string of the molecule is CSCC[C@@H](NC(=O)c1ccccc1Cl)C(=O)N1C[C@@H](C)O[C@H](C)C1. The lowest BCUT2D eigenvalue weighted by Crippen LogP contribution is -2.55. The van der Waals surface area contributed by atoms with Crippen LogP contribution >= 0.6 is 23.4 Å². The van der Waals surface area contributed by atoms with E-state index in [9.17, 15) is 9.59 Å². The van der Waals surface area contributed by atoms with Crippen molar-refractivity contribution < 1.29 is 14.3 Å². The van der Waals surface area contributed by atoms with Gasteiger partial charge in [-0.3, -0.25) is 9.59 Å². The number of benzene rings is 1. The predicted octanol–water partition coefficient (Wildman–Crippen LogP) is 2.83. The second-order valence-electron chi connectivity index (χ2n) is 6.29. The lowest BCUT2D eigenvalue weighted by Gasteiger charge is -2.37. The molecule has 138 valence electrons. The molecule has 1 aromatic carbocycles. The van der Waals surface area contributed by atoms with Crippen molar-refractivity contribution >= 4 is 35.2 Å². The van der Waals surface area contributed by atoms with Crippen molar-refractivity contribution in [3.63, 3.8) is 0 Å². The van der Waals surface area contributed by atoms with Crippen LogP contribution in [0.1, 0.15) is 30.6 Å². The van der Waals surface area contributed by atoms with E-state index in [0.717, 1.165) is 5.75 Å². The number of morpholine rings is 1. The van der Waals surface area contributed by atoms with Crippen LogP contribution in [-0.4, -0.2) is 60.1 Å². The van der Waals surface area contributed by atoms with E-state index in [1.807, 2.05) is 20.1 Å². The van der Waals surface area contributed by atoms with Gasteiger partial charge >= 0.3 is 0 Å². The van der Waals surface area contributed by atoms with Crippen LogP contribution in [0.5, 0.6) is 0 Å². The topological polar surface area (TPSA) is 58.6 Å². The zero-order valence-corrected chi connectivity index (χ0v) is 16.4. The van der Waals surface area contributed by atoms with E-state index < -0.39 is 6.04 Å². The van der Waals surface area contributed by atoms with Gasteiger partial charge in [-0.15, -0.1) is 0 Å². The molecule has 25 heavy (non-hydrogen) atoms. The van der Waals surface area contributed by atoms with Crippen molar-refractivity contribution in [2.24, 2.45) is 0 Å². The summed E-state index contributed by atoms with van der Waals surface area (Å²) in [6, 6.07) is 6.29. The van der Waals surface area contributed by atoms with Crippen molar-refractivity contribution in [2.75, 3.05) is 25.1 Å². The van der Waals surface area contributed by atoms with Crippen LogP contribution in [0.15, 0.2) is 24.3 Å². The molecule has 0 unspecified atom stereocenters. The van der Waals surface area contributed by atoms with Gasteiger partial charge in [0.15, 0.2) is 0 Å². The first-order valence-electron chi connectivity index (χ1n) is 8.41. The van der Waals surface area contributed by atoms with Crippen LogP contribution in [-0.2, 0) is 9.53 Å². The first-order valence-corrected chi connectivity index (χ1v) is 10.2. The maximum absolute atomic E-state index is 13.0. The first-order chi connectivity index (χ1) is 11.9. The average Bonchev–Trinajstić information content (AvgIpc) is 2.57. The molecular formula is C18H25ClN2O3S. The molecule has 1 heterocycles. The number of ether oxygens (including phenoxy) is 1. The van der Waals surface area contributed by atoms with Crippen LogP contribution in [0.3, 0.4) is 0 Å². The predicted molar refractivity (Wildman–Crippen MR) is 102 cm³/mol. The molecule has 0 aromatic heterocycles. The fourth-order valence-corrected chi connectivity index (χ4v) is 3.65. The van der Waals surface area contributed by atoms with Crippen LogP contribution in [0.4, 0.5) is 0 Å². The highest BCUT2D eigenvalue weighted by Crippen LogP contribution is 2.17. The summed E-state index contributed by atoms with van der Waals surface area (Å²) in [5, 5.41) is 3.25. The number of nitrogens with zero attached hydrogens (tertiary/aromatic N) is 1. The second kappa shape index (κ2) is 9.46. The lowest BCUT2D eigenvalue weighted by molar-refractivity contribution is -0.145. The Morgan fingerprint density at radius 2 is 1.96 bits per heavy atom. The van der Waals surface area contributed by atoms with Crippen molar-refractivity contribution in [2.45, 2.75) is 38.5 Å². The van der Waals surface area contributed by atoms with Crippen LogP contribution in [0, 0.1) is 0 Å². The smallest absolute Gasteiger partial charge is 0.253 e. The zero-order chi connectivity index (χ0) is 18.4. The van der Waals surface area contributed by atoms with Crippen molar-refractivity contribution in [1.82, 2.24) is 10.2 Å². The van der Waals surface area contributed by atoms with E-state index in [-0.39, 0.29) is 24.0 Å². The van der Waals surface area contributed by atoms with Gasteiger partial charge in [-0.25, -0.2) is 0 Å². The van der Waals surface area contributed by atoms with Gasteiger partial charge in [0.05, 0.1) is 22.8 Å². The van der Waals surface area contributed by atoms with E-state index >= 15 is 0 Å². The van der Waals surface area contributed by atoms with Crippen molar-refractivity contribution in [3.8, 4) is 0 Å². The van der Waals surface area contributed by atoms with Crippen molar-refractivity contribution in [3.05, 3.63) is 34.9 Å². The Kier molecular flexibility index (Phi) is 7.59. The number of carbonyl (C=O) groups is 2. The highest BCUT2D eigenvalue weighted by Gasteiger charge is 2.31. The summed E-state index contributed by atoms with van der Waals surface area (Å²) in [7, 11) is 0. The normalized spacial score (nSPS) is 21.7. The minimum atomic E-state index is -0.561. The summed E-state index contributed by atoms with van der Waals surface area (Å²) in [5.74, 6) is 0.408. The number of amides is 2. The van der Waals surface area contributed by atoms with E-state index in [1.54, 1.807) is 40.9 Å². The lowest BCUT2D eigenvalue weighted by atomic mass is 10.1. The quantitative estimate of drug-likeness (QED) is 0.819. The summed E-state index contributed by atoms with van der Waals surface area (Å²) in [5.41, 5.74) is 0.384. The molecule has 0 bridgehead atoms. The molecular weight excluding hydrogens is 360 g/mol. The molecule has 0 radical (unpaired) electrons. The van der Waals surface area contributed by atoms with Gasteiger partial charge in [0.1, 0.15) is 6.04 Å². The number of nitrogens with one attached hydrogen (secondary N) is 1. The third kappa shape index (κ3) is 5.62. The van der Waals surface area contributed by atoms with Gasteiger partial charge in [-0.1, -0.05) is 23.7 Å². The Morgan fingerprint density at radius 1 is 1.32 bits per heavy atom. The molecule has 1 fully saturated rings. The molecule has 5 nitrogen and oxygen atoms in total. The molecule has 2 amide bonds.